The SMILES string of the molecule is CCN[CH]c1n[nH]c2ccccc12. The first-order valence-electron chi connectivity index (χ1n) is 4.41. The molecule has 1 aromatic heterocycles. The number of hydrogen-bond acceptors (Lipinski definition) is 2. The van der Waals surface area contributed by atoms with Crippen LogP contribution in [0.5, 0.6) is 0 Å². The summed E-state index contributed by atoms with van der Waals surface area (Å²) in [4.78, 5) is 0. The maximum Gasteiger partial charge on any atom is 0.0890 e. The summed E-state index contributed by atoms with van der Waals surface area (Å²) in [5.41, 5.74) is 2.05. The van der Waals surface area contributed by atoms with Crippen molar-refractivity contribution in [3.63, 3.8) is 0 Å². The van der Waals surface area contributed by atoms with Crippen molar-refractivity contribution < 1.29 is 0 Å². The number of rotatable bonds is 3. The summed E-state index contributed by atoms with van der Waals surface area (Å²) in [5.74, 6) is 0. The molecule has 0 spiro atoms. The van der Waals surface area contributed by atoms with Crippen molar-refractivity contribution in [3.8, 4) is 0 Å². The summed E-state index contributed by atoms with van der Waals surface area (Å²) in [7, 11) is 0. The highest BCUT2D eigenvalue weighted by Crippen LogP contribution is 2.15. The van der Waals surface area contributed by atoms with Gasteiger partial charge in [0.25, 0.3) is 0 Å². The molecular weight excluding hydrogens is 162 g/mol. The zero-order valence-electron chi connectivity index (χ0n) is 7.54. The highest BCUT2D eigenvalue weighted by Gasteiger charge is 2.02. The van der Waals surface area contributed by atoms with Crippen LogP contribution < -0.4 is 5.32 Å². The first kappa shape index (κ1) is 8.26. The van der Waals surface area contributed by atoms with Gasteiger partial charge in [-0.25, -0.2) is 0 Å². The van der Waals surface area contributed by atoms with Crippen LogP contribution in [0.2, 0.25) is 0 Å². The minimum atomic E-state index is 0.918. The molecule has 0 saturated heterocycles. The van der Waals surface area contributed by atoms with Gasteiger partial charge in [-0.05, 0) is 12.6 Å². The van der Waals surface area contributed by atoms with E-state index in [2.05, 4.69) is 28.5 Å². The Kier molecular flexibility index (Phi) is 2.27. The molecule has 67 valence electrons. The predicted octanol–water partition coefficient (Wildman–Crippen LogP) is 1.68. The quantitative estimate of drug-likeness (QED) is 0.743. The van der Waals surface area contributed by atoms with Gasteiger partial charge in [0.15, 0.2) is 0 Å². The summed E-state index contributed by atoms with van der Waals surface area (Å²) < 4.78 is 0. The monoisotopic (exact) mass is 174 g/mol. The van der Waals surface area contributed by atoms with Crippen LogP contribution in [0, 0.1) is 6.54 Å². The topological polar surface area (TPSA) is 40.7 Å². The van der Waals surface area contributed by atoms with Crippen LogP contribution in [-0.2, 0) is 0 Å². The summed E-state index contributed by atoms with van der Waals surface area (Å²) >= 11 is 0. The molecule has 0 atom stereocenters. The lowest BCUT2D eigenvalue weighted by atomic mass is 10.2. The predicted molar refractivity (Wildman–Crippen MR) is 53.2 cm³/mol. The lowest BCUT2D eigenvalue weighted by molar-refractivity contribution is 0.848. The maximum atomic E-state index is 4.19. The number of nitrogens with one attached hydrogen (secondary N) is 2. The second kappa shape index (κ2) is 3.58. The Hall–Kier alpha value is -1.35. The van der Waals surface area contributed by atoms with Gasteiger partial charge in [0.05, 0.1) is 17.8 Å². The van der Waals surface area contributed by atoms with Crippen molar-refractivity contribution in [1.29, 1.82) is 0 Å². The third-order valence-electron chi connectivity index (χ3n) is 1.94. The third kappa shape index (κ3) is 1.55. The molecule has 0 aliphatic heterocycles. The van der Waals surface area contributed by atoms with Gasteiger partial charge in [-0.15, -0.1) is 0 Å². The second-order valence-electron chi connectivity index (χ2n) is 2.86. The van der Waals surface area contributed by atoms with Crippen LogP contribution in [-0.4, -0.2) is 16.7 Å². The van der Waals surface area contributed by atoms with E-state index in [0.29, 0.717) is 0 Å². The van der Waals surface area contributed by atoms with E-state index in [0.717, 1.165) is 23.1 Å². The molecule has 3 nitrogen and oxygen atoms in total. The number of H-pyrrole nitrogens is 1. The zero-order valence-corrected chi connectivity index (χ0v) is 7.54. The van der Waals surface area contributed by atoms with Crippen molar-refractivity contribution >= 4 is 10.9 Å². The number of aromatic nitrogens is 2. The van der Waals surface area contributed by atoms with Crippen LogP contribution in [0.25, 0.3) is 10.9 Å². The summed E-state index contributed by atoms with van der Waals surface area (Å²) in [6.45, 7) is 4.91. The van der Waals surface area contributed by atoms with E-state index in [1.807, 2.05) is 24.7 Å². The van der Waals surface area contributed by atoms with Crippen LogP contribution in [0.4, 0.5) is 0 Å². The highest BCUT2D eigenvalue weighted by molar-refractivity contribution is 5.82. The normalized spacial score (nSPS) is 10.8. The molecule has 0 aliphatic rings. The molecule has 0 amide bonds. The molecular formula is C10H12N3. The van der Waals surface area contributed by atoms with E-state index >= 15 is 0 Å². The van der Waals surface area contributed by atoms with Gasteiger partial charge in [-0.2, -0.15) is 5.10 Å². The Labute approximate surface area is 77.2 Å². The maximum absolute atomic E-state index is 4.19. The Morgan fingerprint density at radius 1 is 1.46 bits per heavy atom. The fourth-order valence-corrected chi connectivity index (χ4v) is 1.29. The molecule has 0 bridgehead atoms. The Morgan fingerprint density at radius 2 is 2.31 bits per heavy atom. The largest absolute Gasteiger partial charge is 0.307 e. The van der Waals surface area contributed by atoms with E-state index in [4.69, 9.17) is 0 Å². The smallest absolute Gasteiger partial charge is 0.0890 e. The van der Waals surface area contributed by atoms with E-state index < -0.39 is 0 Å². The first-order chi connectivity index (χ1) is 6.42. The fourth-order valence-electron chi connectivity index (χ4n) is 1.29. The van der Waals surface area contributed by atoms with Crippen molar-refractivity contribution in [3.05, 3.63) is 36.5 Å². The average Bonchev–Trinajstić information content (AvgIpc) is 2.58. The number of hydrogen-bond donors (Lipinski definition) is 2. The molecule has 1 aromatic carbocycles. The highest BCUT2D eigenvalue weighted by atomic mass is 15.1. The zero-order chi connectivity index (χ0) is 9.10. The van der Waals surface area contributed by atoms with E-state index in [1.54, 1.807) is 0 Å². The standard InChI is InChI=1S/C10H12N3/c1-2-11-7-10-8-5-3-4-6-9(8)12-13-10/h3-7,11H,2H2,1H3,(H,12,13). The molecule has 0 unspecified atom stereocenters. The summed E-state index contributed by atoms with van der Waals surface area (Å²) in [6, 6.07) is 8.09. The van der Waals surface area contributed by atoms with Gasteiger partial charge in [-0.3, -0.25) is 5.10 Å². The number of fused-ring (bicyclic) bond motifs is 1. The number of para-hydroxylation sites is 1. The molecule has 0 fully saturated rings. The molecule has 1 radical (unpaired) electrons. The first-order valence-corrected chi connectivity index (χ1v) is 4.41. The fraction of sp³-hybridized carbons (Fsp3) is 0.200. The minimum Gasteiger partial charge on any atom is -0.307 e. The van der Waals surface area contributed by atoms with E-state index in [9.17, 15) is 0 Å². The van der Waals surface area contributed by atoms with Gasteiger partial charge in [0.1, 0.15) is 0 Å². The van der Waals surface area contributed by atoms with Crippen LogP contribution >= 0.6 is 0 Å². The Balaban J connectivity index is 2.35. The van der Waals surface area contributed by atoms with Gasteiger partial charge < -0.3 is 5.32 Å². The minimum absolute atomic E-state index is 0.918. The summed E-state index contributed by atoms with van der Waals surface area (Å²) in [5, 5.41) is 11.5. The van der Waals surface area contributed by atoms with E-state index in [1.165, 1.54) is 0 Å². The van der Waals surface area contributed by atoms with Crippen molar-refractivity contribution in [2.24, 2.45) is 0 Å². The molecule has 0 saturated carbocycles. The van der Waals surface area contributed by atoms with Crippen molar-refractivity contribution in [2.45, 2.75) is 6.92 Å². The van der Waals surface area contributed by atoms with Crippen LogP contribution in [0.15, 0.2) is 24.3 Å². The van der Waals surface area contributed by atoms with Gasteiger partial charge in [0, 0.05) is 5.39 Å². The van der Waals surface area contributed by atoms with Crippen molar-refractivity contribution in [2.75, 3.05) is 6.54 Å². The molecule has 3 heteroatoms. The molecule has 0 aliphatic carbocycles. The Morgan fingerprint density at radius 3 is 3.15 bits per heavy atom. The molecule has 13 heavy (non-hydrogen) atoms. The van der Waals surface area contributed by atoms with Crippen LogP contribution in [0.1, 0.15) is 12.6 Å². The average molecular weight is 174 g/mol. The molecule has 2 rings (SSSR count). The summed E-state index contributed by atoms with van der Waals surface area (Å²) in [6.07, 6.45) is 0. The number of benzene rings is 1. The van der Waals surface area contributed by atoms with Gasteiger partial charge in [-0.1, -0.05) is 25.1 Å². The lowest BCUT2D eigenvalue weighted by Gasteiger charge is -1.96. The lowest BCUT2D eigenvalue weighted by Crippen LogP contribution is -2.09. The van der Waals surface area contributed by atoms with Gasteiger partial charge in [0.2, 0.25) is 0 Å². The Bertz CT molecular complexity index is 392. The number of nitrogens with zero attached hydrogens (tertiary/aromatic N) is 1. The third-order valence-corrected chi connectivity index (χ3v) is 1.94. The molecule has 1 heterocycles. The second-order valence-corrected chi connectivity index (χ2v) is 2.86. The van der Waals surface area contributed by atoms with Gasteiger partial charge >= 0.3 is 0 Å². The number of aromatic amines is 1. The van der Waals surface area contributed by atoms with Crippen LogP contribution in [0.3, 0.4) is 0 Å². The van der Waals surface area contributed by atoms with Crippen molar-refractivity contribution in [1.82, 2.24) is 15.5 Å². The molecule has 2 aromatic rings. The molecule has 2 N–H and O–H groups in total. The van der Waals surface area contributed by atoms with E-state index in [-0.39, 0.29) is 0 Å².